The van der Waals surface area contributed by atoms with Crippen molar-refractivity contribution in [2.75, 3.05) is 0 Å². The van der Waals surface area contributed by atoms with Crippen LogP contribution in [0.5, 0.6) is 0 Å². The van der Waals surface area contributed by atoms with Crippen LogP contribution >= 0.6 is 46.4 Å². The van der Waals surface area contributed by atoms with Crippen LogP contribution in [0.25, 0.3) is 16.7 Å². The maximum Gasteiger partial charge on any atom is 0.427 e. The molecular weight excluding hydrogens is 372 g/mol. The summed E-state index contributed by atoms with van der Waals surface area (Å²) < 4.78 is 5.96. The van der Waals surface area contributed by atoms with Gasteiger partial charge < -0.3 is 4.42 Å². The molecule has 0 aliphatic carbocycles. The number of hydrogen-bond donors (Lipinski definition) is 0. The van der Waals surface area contributed by atoms with Crippen molar-refractivity contribution in [3.63, 3.8) is 0 Å². The van der Waals surface area contributed by atoms with Gasteiger partial charge in [0.15, 0.2) is 5.58 Å². The van der Waals surface area contributed by atoms with Gasteiger partial charge in [0.2, 0.25) is 0 Å². The Hall–Kier alpha value is -1.46. The predicted octanol–water partition coefficient (Wildman–Crippen LogP) is 4.56. The van der Waals surface area contributed by atoms with Crippen molar-refractivity contribution < 1.29 is 4.42 Å². The molecule has 112 valence electrons. The first-order valence-electron chi connectivity index (χ1n) is 5.89. The second kappa shape index (κ2) is 5.63. The van der Waals surface area contributed by atoms with Crippen molar-refractivity contribution in [2.45, 2.75) is 0 Å². The smallest absolute Gasteiger partial charge is 0.407 e. The Morgan fingerprint density at radius 2 is 1.59 bits per heavy atom. The molecule has 0 fully saturated rings. The molecule has 1 heterocycles. The monoisotopic (exact) mass is 375 g/mol. The minimum atomic E-state index is -0.889. The number of halogens is 4. The highest BCUT2D eigenvalue weighted by Gasteiger charge is 2.15. The molecule has 0 aliphatic rings. The van der Waals surface area contributed by atoms with E-state index in [1.807, 2.05) is 0 Å². The first-order valence-corrected chi connectivity index (χ1v) is 7.40. The lowest BCUT2D eigenvalue weighted by molar-refractivity contribution is 0.504. The molecular formula is C14H5Cl4NO3. The second-order valence-corrected chi connectivity index (χ2v) is 6.03. The van der Waals surface area contributed by atoms with Crippen LogP contribution in [-0.2, 0) is 0 Å². The van der Waals surface area contributed by atoms with Crippen molar-refractivity contribution in [3.05, 3.63) is 71.3 Å². The summed E-state index contributed by atoms with van der Waals surface area (Å²) in [6.07, 6.45) is 0. The summed E-state index contributed by atoms with van der Waals surface area (Å²) in [6, 6.07) is 7.10. The lowest BCUT2D eigenvalue weighted by atomic mass is 10.2. The molecule has 0 saturated carbocycles. The summed E-state index contributed by atoms with van der Waals surface area (Å²) in [5.74, 6) is -0.889. The molecule has 3 rings (SSSR count). The average molecular weight is 377 g/mol. The maximum atomic E-state index is 12.6. The van der Waals surface area contributed by atoms with Gasteiger partial charge in [-0.25, -0.2) is 9.36 Å². The van der Waals surface area contributed by atoms with Gasteiger partial charge in [-0.3, -0.25) is 4.79 Å². The zero-order chi connectivity index (χ0) is 16.0. The number of rotatable bonds is 1. The third kappa shape index (κ3) is 2.52. The van der Waals surface area contributed by atoms with Gasteiger partial charge in [-0.1, -0.05) is 46.4 Å². The molecule has 8 heteroatoms. The van der Waals surface area contributed by atoms with Crippen LogP contribution in [0.15, 0.2) is 44.3 Å². The number of nitrogens with zero attached hydrogens (tertiary/aromatic N) is 1. The van der Waals surface area contributed by atoms with Crippen LogP contribution in [0.2, 0.25) is 20.1 Å². The van der Waals surface area contributed by atoms with E-state index >= 15 is 0 Å². The molecule has 0 amide bonds. The van der Waals surface area contributed by atoms with Crippen LogP contribution < -0.4 is 11.3 Å². The lowest BCUT2D eigenvalue weighted by Gasteiger charge is -2.07. The summed E-state index contributed by atoms with van der Waals surface area (Å²) in [4.78, 5) is 24.7. The normalized spacial score (nSPS) is 11.1. The quantitative estimate of drug-likeness (QED) is 0.625. The maximum absolute atomic E-state index is 12.6. The van der Waals surface area contributed by atoms with E-state index < -0.39 is 11.3 Å². The zero-order valence-electron chi connectivity index (χ0n) is 10.6. The largest absolute Gasteiger partial charge is 0.427 e. The Bertz CT molecular complexity index is 1020. The van der Waals surface area contributed by atoms with Gasteiger partial charge in [0.1, 0.15) is 0 Å². The fourth-order valence-electron chi connectivity index (χ4n) is 2.01. The predicted molar refractivity (Wildman–Crippen MR) is 88.1 cm³/mol. The van der Waals surface area contributed by atoms with Crippen LogP contribution in [0.1, 0.15) is 0 Å². The Morgan fingerprint density at radius 3 is 2.27 bits per heavy atom. The first kappa shape index (κ1) is 15.4. The Balaban J connectivity index is 2.42. The lowest BCUT2D eigenvalue weighted by Crippen LogP contribution is -2.31. The molecule has 1 aromatic heterocycles. The average Bonchev–Trinajstić information content (AvgIpc) is 2.44. The minimum Gasteiger partial charge on any atom is -0.407 e. The highest BCUT2D eigenvalue weighted by Crippen LogP contribution is 2.26. The molecule has 0 unspecified atom stereocenters. The molecule has 3 aromatic rings. The van der Waals surface area contributed by atoms with Crippen LogP contribution in [0.3, 0.4) is 0 Å². The van der Waals surface area contributed by atoms with Crippen molar-refractivity contribution in [1.82, 2.24) is 4.57 Å². The zero-order valence-corrected chi connectivity index (χ0v) is 13.6. The molecule has 0 radical (unpaired) electrons. The number of benzene rings is 2. The standard InChI is InChI=1S/C14H5Cl4NO3/c15-6-3-8-12(11(18)4-6)22-14(21)19(13(8)20)7-1-2-9(16)10(17)5-7/h1-5H. The van der Waals surface area contributed by atoms with E-state index in [1.54, 1.807) is 0 Å². The van der Waals surface area contributed by atoms with Crippen LogP contribution in [0, 0.1) is 0 Å². The van der Waals surface area contributed by atoms with Gasteiger partial charge >= 0.3 is 5.76 Å². The Kier molecular flexibility index (Phi) is 3.95. The molecule has 0 N–H and O–H groups in total. The van der Waals surface area contributed by atoms with E-state index in [4.69, 9.17) is 50.8 Å². The summed E-state index contributed by atoms with van der Waals surface area (Å²) in [6.45, 7) is 0. The molecule has 0 bridgehead atoms. The third-order valence-corrected chi connectivity index (χ3v) is 4.21. The first-order chi connectivity index (χ1) is 10.4. The van der Waals surface area contributed by atoms with E-state index in [-0.39, 0.29) is 31.7 Å². The number of hydrogen-bond acceptors (Lipinski definition) is 3. The van der Waals surface area contributed by atoms with Gasteiger partial charge in [0.05, 0.1) is 26.1 Å². The molecule has 2 aromatic carbocycles. The highest BCUT2D eigenvalue weighted by atomic mass is 35.5. The number of fused-ring (bicyclic) bond motifs is 1. The van der Waals surface area contributed by atoms with Crippen molar-refractivity contribution >= 4 is 57.4 Å². The Labute approximate surface area is 143 Å². The second-order valence-electron chi connectivity index (χ2n) is 4.37. The van der Waals surface area contributed by atoms with Gasteiger partial charge in [0, 0.05) is 5.02 Å². The number of aromatic nitrogens is 1. The van der Waals surface area contributed by atoms with E-state index in [1.165, 1.54) is 30.3 Å². The van der Waals surface area contributed by atoms with Crippen molar-refractivity contribution in [3.8, 4) is 5.69 Å². The molecule has 0 atom stereocenters. The van der Waals surface area contributed by atoms with Crippen molar-refractivity contribution in [1.29, 1.82) is 0 Å². The summed E-state index contributed by atoms with van der Waals surface area (Å²) in [5.41, 5.74) is -0.405. The molecule has 22 heavy (non-hydrogen) atoms. The van der Waals surface area contributed by atoms with Crippen LogP contribution in [-0.4, -0.2) is 4.57 Å². The van der Waals surface area contributed by atoms with E-state index in [0.29, 0.717) is 5.02 Å². The third-order valence-electron chi connectivity index (χ3n) is 2.98. The van der Waals surface area contributed by atoms with E-state index in [0.717, 1.165) is 4.57 Å². The molecule has 0 spiro atoms. The van der Waals surface area contributed by atoms with Gasteiger partial charge in [-0.2, -0.15) is 0 Å². The molecule has 0 aliphatic heterocycles. The SMILES string of the molecule is O=c1oc2c(Cl)cc(Cl)cc2c(=O)n1-c1ccc(Cl)c(Cl)c1. The molecule has 4 nitrogen and oxygen atoms in total. The summed E-state index contributed by atoms with van der Waals surface area (Å²) in [5, 5.41) is 0.926. The Morgan fingerprint density at radius 1 is 0.864 bits per heavy atom. The summed E-state index contributed by atoms with van der Waals surface area (Å²) in [7, 11) is 0. The van der Waals surface area contributed by atoms with E-state index in [9.17, 15) is 9.59 Å². The highest BCUT2D eigenvalue weighted by molar-refractivity contribution is 6.42. The topological polar surface area (TPSA) is 52.2 Å². The minimum absolute atomic E-state index is 0.0163. The van der Waals surface area contributed by atoms with Gasteiger partial charge in [-0.05, 0) is 30.3 Å². The van der Waals surface area contributed by atoms with Gasteiger partial charge in [0.25, 0.3) is 5.56 Å². The van der Waals surface area contributed by atoms with Crippen LogP contribution in [0.4, 0.5) is 0 Å². The van der Waals surface area contributed by atoms with Gasteiger partial charge in [-0.15, -0.1) is 0 Å². The molecule has 0 saturated heterocycles. The van der Waals surface area contributed by atoms with Crippen molar-refractivity contribution in [2.24, 2.45) is 0 Å². The fraction of sp³-hybridized carbons (Fsp3) is 0. The fourth-order valence-corrected chi connectivity index (χ4v) is 2.83. The summed E-state index contributed by atoms with van der Waals surface area (Å²) >= 11 is 23.6. The van der Waals surface area contributed by atoms with E-state index in [2.05, 4.69) is 0 Å².